The maximum Gasteiger partial charge on any atom is 0.263 e. The number of benzene rings is 3. The third-order valence-electron chi connectivity index (χ3n) is 8.72. The van der Waals surface area contributed by atoms with Crippen molar-refractivity contribution in [3.8, 4) is 33.4 Å². The molecule has 7 nitrogen and oxygen atoms in total. The average Bonchev–Trinajstić information content (AvgIpc) is 3.05. The number of rotatable bonds is 7. The van der Waals surface area contributed by atoms with Gasteiger partial charge in [0.05, 0.1) is 0 Å². The Bertz CT molecular complexity index is 1900. The lowest BCUT2D eigenvalue weighted by Gasteiger charge is -2.23. The highest BCUT2D eigenvalue weighted by atomic mass is 16.5. The number of carbonyl (C=O) groups is 1. The first-order chi connectivity index (χ1) is 21.7. The monoisotopic (exact) mass is 598 g/mol. The second kappa shape index (κ2) is 12.9. The third-order valence-corrected chi connectivity index (χ3v) is 8.72. The molecule has 3 heterocycles. The molecule has 45 heavy (non-hydrogen) atoms. The van der Waals surface area contributed by atoms with Crippen LogP contribution in [0.5, 0.6) is 0 Å². The van der Waals surface area contributed by atoms with E-state index in [1.165, 1.54) is 11.1 Å². The van der Waals surface area contributed by atoms with Crippen LogP contribution in [0.25, 0.3) is 33.4 Å². The lowest BCUT2D eigenvalue weighted by molar-refractivity contribution is 0.0609. The minimum atomic E-state index is -0.444. The van der Waals surface area contributed by atoms with Gasteiger partial charge in [0, 0.05) is 49.0 Å². The van der Waals surface area contributed by atoms with Gasteiger partial charge in [-0.2, -0.15) is 0 Å². The molecule has 0 aliphatic carbocycles. The predicted molar refractivity (Wildman–Crippen MR) is 181 cm³/mol. The summed E-state index contributed by atoms with van der Waals surface area (Å²) >= 11 is 0. The summed E-state index contributed by atoms with van der Waals surface area (Å²) < 4.78 is 7.21. The van der Waals surface area contributed by atoms with Crippen molar-refractivity contribution < 1.29 is 9.53 Å². The number of aromatic nitrogens is 2. The summed E-state index contributed by atoms with van der Waals surface area (Å²) in [7, 11) is 0. The molecule has 0 spiro atoms. The van der Waals surface area contributed by atoms with E-state index in [-0.39, 0.29) is 11.1 Å². The lowest BCUT2D eigenvalue weighted by Crippen LogP contribution is -2.32. The van der Waals surface area contributed by atoms with Crippen molar-refractivity contribution in [2.24, 2.45) is 5.92 Å². The van der Waals surface area contributed by atoms with Crippen LogP contribution in [0.4, 0.5) is 11.5 Å². The Labute approximate surface area is 263 Å². The minimum Gasteiger partial charge on any atom is -0.383 e. The van der Waals surface area contributed by atoms with E-state index < -0.39 is 5.91 Å². The Morgan fingerprint density at radius 1 is 0.844 bits per heavy atom. The van der Waals surface area contributed by atoms with Crippen LogP contribution in [0.1, 0.15) is 39.9 Å². The van der Waals surface area contributed by atoms with Crippen LogP contribution in [0.3, 0.4) is 0 Å². The molecule has 5 aromatic rings. The van der Waals surface area contributed by atoms with Crippen LogP contribution in [0, 0.1) is 26.7 Å². The fourth-order valence-electron chi connectivity index (χ4n) is 5.76. The fraction of sp³-hybridized carbons (Fsp3) is 0.237. The molecular weight excluding hydrogens is 560 g/mol. The number of ether oxygens (including phenoxy) is 1. The Kier molecular flexibility index (Phi) is 8.62. The molecular formula is C38H38N4O3. The van der Waals surface area contributed by atoms with E-state index in [1.54, 1.807) is 16.8 Å². The zero-order chi connectivity index (χ0) is 31.5. The number of nitrogens with two attached hydrogens (primary N) is 1. The first-order valence-corrected chi connectivity index (χ1v) is 15.4. The molecule has 6 rings (SSSR count). The molecule has 0 bridgehead atoms. The third kappa shape index (κ3) is 6.74. The highest BCUT2D eigenvalue weighted by Gasteiger charge is 2.20. The second-order valence-corrected chi connectivity index (χ2v) is 12.0. The van der Waals surface area contributed by atoms with Gasteiger partial charge in [-0.25, -0.2) is 4.98 Å². The van der Waals surface area contributed by atoms with Gasteiger partial charge in [0.1, 0.15) is 11.4 Å². The summed E-state index contributed by atoms with van der Waals surface area (Å²) in [4.78, 5) is 31.7. The summed E-state index contributed by atoms with van der Waals surface area (Å²) in [5, 5.41) is 2.94. The van der Waals surface area contributed by atoms with Gasteiger partial charge in [-0.15, -0.1) is 0 Å². The molecule has 1 saturated heterocycles. The predicted octanol–water partition coefficient (Wildman–Crippen LogP) is 7.43. The highest BCUT2D eigenvalue weighted by Crippen LogP contribution is 2.31. The molecule has 7 heteroatoms. The van der Waals surface area contributed by atoms with Crippen LogP contribution in [0.2, 0.25) is 0 Å². The highest BCUT2D eigenvalue weighted by molar-refractivity contribution is 6.04. The topological polar surface area (TPSA) is 99.2 Å². The maximum atomic E-state index is 13.6. The summed E-state index contributed by atoms with van der Waals surface area (Å²) in [5.74, 6) is 0.307. The number of anilines is 2. The molecule has 228 valence electrons. The average molecular weight is 599 g/mol. The van der Waals surface area contributed by atoms with Crippen LogP contribution in [0.15, 0.2) is 96.1 Å². The van der Waals surface area contributed by atoms with Crippen LogP contribution in [-0.4, -0.2) is 28.7 Å². The zero-order valence-corrected chi connectivity index (χ0v) is 26.0. The summed E-state index contributed by atoms with van der Waals surface area (Å²) in [5.41, 5.74) is 15.8. The minimum absolute atomic E-state index is 0.110. The summed E-state index contributed by atoms with van der Waals surface area (Å²) in [6, 6.07) is 25.6. The number of nitrogens with one attached hydrogen (secondary N) is 1. The molecule has 0 unspecified atom stereocenters. The first kappa shape index (κ1) is 30.0. The van der Waals surface area contributed by atoms with E-state index in [9.17, 15) is 9.59 Å². The normalized spacial score (nSPS) is 13.5. The van der Waals surface area contributed by atoms with Crippen LogP contribution < -0.4 is 16.6 Å². The van der Waals surface area contributed by atoms with Gasteiger partial charge in [-0.1, -0.05) is 60.2 Å². The Balaban J connectivity index is 1.27. The van der Waals surface area contributed by atoms with Gasteiger partial charge in [-0.3, -0.25) is 9.59 Å². The second-order valence-electron chi connectivity index (χ2n) is 12.0. The smallest absolute Gasteiger partial charge is 0.263 e. The van der Waals surface area contributed by atoms with Crippen LogP contribution in [-0.2, 0) is 11.3 Å². The Hall–Kier alpha value is -5.01. The molecule has 3 aromatic carbocycles. The molecule has 1 amide bonds. The van der Waals surface area contributed by atoms with E-state index in [2.05, 4.69) is 42.3 Å². The van der Waals surface area contributed by atoms with Gasteiger partial charge in [0.25, 0.3) is 11.5 Å². The number of nitrogens with zero attached hydrogens (tertiary/aromatic N) is 2. The summed E-state index contributed by atoms with van der Waals surface area (Å²) in [6.07, 6.45) is 5.45. The van der Waals surface area contributed by atoms with Crippen LogP contribution >= 0.6 is 0 Å². The fourth-order valence-corrected chi connectivity index (χ4v) is 5.76. The van der Waals surface area contributed by atoms with Gasteiger partial charge >= 0.3 is 0 Å². The van der Waals surface area contributed by atoms with Crippen molar-refractivity contribution in [3.63, 3.8) is 0 Å². The molecule has 3 N–H and O–H groups in total. The number of pyridine rings is 2. The number of aryl methyl sites for hydroxylation is 3. The number of hydrogen-bond acceptors (Lipinski definition) is 5. The largest absolute Gasteiger partial charge is 0.383 e. The van der Waals surface area contributed by atoms with Crippen molar-refractivity contribution in [3.05, 3.63) is 124 Å². The van der Waals surface area contributed by atoms with Gasteiger partial charge in [0.2, 0.25) is 0 Å². The van der Waals surface area contributed by atoms with Gasteiger partial charge in [-0.05, 0) is 97.2 Å². The summed E-state index contributed by atoms with van der Waals surface area (Å²) in [6.45, 7) is 8.16. The number of hydrogen-bond donors (Lipinski definition) is 2. The lowest BCUT2D eigenvalue weighted by atomic mass is 9.98. The Morgan fingerprint density at radius 2 is 1.53 bits per heavy atom. The number of amides is 1. The van der Waals surface area contributed by atoms with Crippen molar-refractivity contribution in [1.29, 1.82) is 0 Å². The molecule has 1 aliphatic rings. The number of nitrogen functional groups attached to an aromatic ring is 1. The SMILES string of the molecule is Cc1ccc(-c2cc(C(=O)Nc3ccc(-c4cc(-c5ccc(C)c(C)c5)cnc4N)cc3)c(=O)n(CC3CCOCC3)c2)cc1. The first-order valence-electron chi connectivity index (χ1n) is 15.4. The van der Waals surface area contributed by atoms with E-state index in [0.717, 1.165) is 51.8 Å². The van der Waals surface area contributed by atoms with Crippen molar-refractivity contribution in [2.75, 3.05) is 24.3 Å². The quantitative estimate of drug-likeness (QED) is 0.203. The molecule has 0 atom stereocenters. The number of carbonyl (C=O) groups excluding carboxylic acids is 1. The maximum absolute atomic E-state index is 13.6. The zero-order valence-electron chi connectivity index (χ0n) is 26.0. The van der Waals surface area contributed by atoms with Crippen molar-refractivity contribution >= 4 is 17.4 Å². The molecule has 1 aliphatic heterocycles. The molecule has 2 aromatic heterocycles. The van der Waals surface area contributed by atoms with Gasteiger partial charge in [0.15, 0.2) is 0 Å². The van der Waals surface area contributed by atoms with E-state index in [0.29, 0.717) is 37.2 Å². The van der Waals surface area contributed by atoms with E-state index >= 15 is 0 Å². The van der Waals surface area contributed by atoms with Crippen molar-refractivity contribution in [2.45, 2.75) is 40.2 Å². The van der Waals surface area contributed by atoms with Gasteiger partial charge < -0.3 is 20.4 Å². The molecule has 0 radical (unpaired) electrons. The van der Waals surface area contributed by atoms with E-state index in [1.807, 2.05) is 67.7 Å². The molecule has 0 saturated carbocycles. The standard InChI is InChI=1S/C38H38N4O3/c1-24-4-7-28(8-5-24)32-20-35(38(44)42(23-32)22-27-14-16-45-17-15-27)37(43)41-33-12-10-29(11-13-33)34-19-31(21-40-36(34)39)30-9-6-25(2)26(3)18-30/h4-13,18-21,23,27H,14-17,22H2,1-3H3,(H2,39,40)(H,41,43). The Morgan fingerprint density at radius 3 is 2.24 bits per heavy atom. The van der Waals surface area contributed by atoms with E-state index in [4.69, 9.17) is 10.5 Å². The van der Waals surface area contributed by atoms with Crippen molar-refractivity contribution in [1.82, 2.24) is 9.55 Å². The molecule has 1 fully saturated rings.